The number of halogens is 1. The van der Waals surface area contributed by atoms with E-state index in [-0.39, 0.29) is 30.3 Å². The third kappa shape index (κ3) is 3.91. The third-order valence-corrected chi connectivity index (χ3v) is 5.50. The smallest absolute Gasteiger partial charge is 0.307 e. The van der Waals surface area contributed by atoms with Crippen molar-refractivity contribution in [1.29, 1.82) is 0 Å². The summed E-state index contributed by atoms with van der Waals surface area (Å²) < 4.78 is 20.6. The Morgan fingerprint density at radius 2 is 2.10 bits per heavy atom. The average Bonchev–Trinajstić information content (AvgIpc) is 3.36. The number of nitrogens with one attached hydrogen (secondary N) is 1. The van der Waals surface area contributed by atoms with Crippen LogP contribution in [0.3, 0.4) is 0 Å². The van der Waals surface area contributed by atoms with E-state index in [0.717, 1.165) is 11.4 Å². The van der Waals surface area contributed by atoms with Crippen molar-refractivity contribution in [3.8, 4) is 5.69 Å². The molecule has 1 aliphatic rings. The van der Waals surface area contributed by atoms with Gasteiger partial charge >= 0.3 is 5.97 Å². The van der Waals surface area contributed by atoms with Crippen molar-refractivity contribution < 1.29 is 13.9 Å². The second kappa shape index (κ2) is 8.62. The van der Waals surface area contributed by atoms with Gasteiger partial charge < -0.3 is 19.5 Å². The molecule has 154 valence electrons. The van der Waals surface area contributed by atoms with Gasteiger partial charge in [-0.25, -0.2) is 4.39 Å². The molecule has 0 aliphatic carbocycles. The first-order valence-electron chi connectivity index (χ1n) is 9.56. The molecule has 4 rings (SSSR count). The molecule has 2 aromatic heterocycles. The number of pyridine rings is 1. The Balaban J connectivity index is 1.76. The number of ether oxygens (including phenoxy) is 1. The Kier molecular flexibility index (Phi) is 5.76. The molecule has 1 aromatic carbocycles. The van der Waals surface area contributed by atoms with Crippen LogP contribution in [-0.2, 0) is 9.53 Å². The highest BCUT2D eigenvalue weighted by atomic mass is 32.1. The Bertz CT molecular complexity index is 1060. The lowest BCUT2D eigenvalue weighted by atomic mass is 10.0. The van der Waals surface area contributed by atoms with Gasteiger partial charge in [0, 0.05) is 30.3 Å². The maximum absolute atomic E-state index is 13.9. The number of carbonyl (C=O) groups excluding carboxylic acids is 1. The molecule has 0 bridgehead atoms. The second-order valence-corrected chi connectivity index (χ2v) is 7.32. The Morgan fingerprint density at radius 3 is 2.83 bits per heavy atom. The quantitative estimate of drug-likeness (QED) is 0.483. The lowest BCUT2D eigenvalue weighted by molar-refractivity contribution is -0.140. The molecule has 1 fully saturated rings. The molecule has 1 saturated heterocycles. The Hall–Kier alpha value is -3.26. The van der Waals surface area contributed by atoms with Gasteiger partial charge in [0.1, 0.15) is 5.82 Å². The van der Waals surface area contributed by atoms with Crippen molar-refractivity contribution in [2.75, 3.05) is 13.7 Å². The van der Waals surface area contributed by atoms with Crippen LogP contribution in [0.1, 0.15) is 29.9 Å². The van der Waals surface area contributed by atoms with Crippen LogP contribution in [0.25, 0.3) is 5.69 Å². The Morgan fingerprint density at radius 1 is 1.23 bits per heavy atom. The summed E-state index contributed by atoms with van der Waals surface area (Å²) in [4.78, 5) is 18.3. The molecule has 0 saturated carbocycles. The summed E-state index contributed by atoms with van der Waals surface area (Å²) in [7, 11) is 1.37. The van der Waals surface area contributed by atoms with Crippen LogP contribution in [0.4, 0.5) is 4.39 Å². The van der Waals surface area contributed by atoms with Crippen LogP contribution in [0.2, 0.25) is 0 Å². The summed E-state index contributed by atoms with van der Waals surface area (Å²) in [6.07, 6.45) is 3.82. The lowest BCUT2D eigenvalue weighted by Gasteiger charge is -2.28. The van der Waals surface area contributed by atoms with Crippen LogP contribution in [0, 0.1) is 5.82 Å². The molecule has 2 atom stereocenters. The molecule has 0 amide bonds. The third-order valence-electron chi connectivity index (χ3n) is 5.15. The van der Waals surface area contributed by atoms with Crippen LogP contribution in [0.5, 0.6) is 0 Å². The van der Waals surface area contributed by atoms with E-state index < -0.39 is 0 Å². The summed E-state index contributed by atoms with van der Waals surface area (Å²) in [6, 6.07) is 15.6. The van der Waals surface area contributed by atoms with E-state index in [1.807, 2.05) is 52.1 Å². The van der Waals surface area contributed by atoms with Gasteiger partial charge in [-0.1, -0.05) is 12.1 Å². The zero-order chi connectivity index (χ0) is 21.1. The minimum Gasteiger partial charge on any atom is -0.469 e. The second-order valence-electron chi connectivity index (χ2n) is 6.93. The fourth-order valence-electron chi connectivity index (χ4n) is 3.78. The summed E-state index contributed by atoms with van der Waals surface area (Å²) >= 11 is 5.60. The number of thiocarbonyl (C=S) groups is 1. The molecule has 3 heterocycles. The number of hydrogen-bond donors (Lipinski definition) is 1. The van der Waals surface area contributed by atoms with Gasteiger partial charge in [-0.2, -0.15) is 0 Å². The van der Waals surface area contributed by atoms with E-state index in [4.69, 9.17) is 17.0 Å². The van der Waals surface area contributed by atoms with Crippen LogP contribution in [0.15, 0.2) is 67.0 Å². The van der Waals surface area contributed by atoms with Crippen molar-refractivity contribution >= 4 is 23.3 Å². The first-order valence-corrected chi connectivity index (χ1v) is 9.97. The molecule has 8 heteroatoms. The number of methoxy groups -OCH3 is 1. The fraction of sp³-hybridized carbons (Fsp3) is 0.227. The van der Waals surface area contributed by atoms with Gasteiger partial charge in [0.15, 0.2) is 5.11 Å². The molecule has 6 nitrogen and oxygen atoms in total. The standard InChI is InChI=1S/C22H21FN4O2S/c1-29-19(28)10-13-27-21(20(25-22(27)30)17-8-2-3-11-24-17)18-9-5-12-26(18)16-7-4-6-15(23)14-16/h2-9,11-12,14,20-21H,10,13H2,1H3,(H,25,30)/t20-,21+/m1/s1. The predicted octanol–water partition coefficient (Wildman–Crippen LogP) is 3.55. The highest BCUT2D eigenvalue weighted by Gasteiger charge is 2.41. The van der Waals surface area contributed by atoms with Crippen molar-refractivity contribution in [2.24, 2.45) is 0 Å². The molecule has 30 heavy (non-hydrogen) atoms. The number of aromatic nitrogens is 2. The van der Waals surface area contributed by atoms with Crippen LogP contribution in [-0.4, -0.2) is 39.2 Å². The van der Waals surface area contributed by atoms with Gasteiger partial charge in [0.2, 0.25) is 0 Å². The number of nitrogens with zero attached hydrogens (tertiary/aromatic N) is 3. The zero-order valence-corrected chi connectivity index (χ0v) is 17.2. The SMILES string of the molecule is COC(=O)CCN1C(=S)N[C@H](c2ccccn2)[C@@H]1c1cccn1-c1cccc(F)c1. The normalized spacial score (nSPS) is 18.3. The van der Waals surface area contributed by atoms with Gasteiger partial charge in [-0.15, -0.1) is 0 Å². The molecule has 1 aliphatic heterocycles. The molecule has 0 unspecified atom stereocenters. The number of benzene rings is 1. The number of hydrogen-bond acceptors (Lipinski definition) is 4. The predicted molar refractivity (Wildman–Crippen MR) is 115 cm³/mol. The highest BCUT2D eigenvalue weighted by molar-refractivity contribution is 7.80. The fourth-order valence-corrected chi connectivity index (χ4v) is 4.11. The monoisotopic (exact) mass is 424 g/mol. The molecular formula is C22H21FN4O2S. The summed E-state index contributed by atoms with van der Waals surface area (Å²) in [5.74, 6) is -0.616. The number of carbonyl (C=O) groups is 1. The van der Waals surface area contributed by atoms with E-state index in [1.165, 1.54) is 19.2 Å². The van der Waals surface area contributed by atoms with E-state index in [9.17, 15) is 9.18 Å². The molecule has 1 N–H and O–H groups in total. The molecule has 0 radical (unpaired) electrons. The minimum absolute atomic E-state index is 0.199. The number of rotatable bonds is 6. The van der Waals surface area contributed by atoms with E-state index in [0.29, 0.717) is 17.3 Å². The van der Waals surface area contributed by atoms with Crippen LogP contribution < -0.4 is 5.32 Å². The molecule has 3 aromatic rings. The molecular weight excluding hydrogens is 403 g/mol. The van der Waals surface area contributed by atoms with Crippen LogP contribution >= 0.6 is 12.2 Å². The summed E-state index contributed by atoms with van der Waals surface area (Å²) in [5.41, 5.74) is 2.45. The van der Waals surface area contributed by atoms with Gasteiger partial charge in [-0.3, -0.25) is 9.78 Å². The van der Waals surface area contributed by atoms with Crippen molar-refractivity contribution in [1.82, 2.24) is 19.8 Å². The highest BCUT2D eigenvalue weighted by Crippen LogP contribution is 2.39. The maximum atomic E-state index is 13.9. The van der Waals surface area contributed by atoms with Crippen molar-refractivity contribution in [2.45, 2.75) is 18.5 Å². The van der Waals surface area contributed by atoms with Gasteiger partial charge in [0.05, 0.1) is 31.3 Å². The Labute approximate surface area is 179 Å². The van der Waals surface area contributed by atoms with E-state index in [2.05, 4.69) is 10.3 Å². The van der Waals surface area contributed by atoms with Crippen molar-refractivity contribution in [3.63, 3.8) is 0 Å². The summed E-state index contributed by atoms with van der Waals surface area (Å²) in [5, 5.41) is 3.88. The first kappa shape index (κ1) is 20.0. The number of esters is 1. The van der Waals surface area contributed by atoms with E-state index in [1.54, 1.807) is 12.3 Å². The average molecular weight is 425 g/mol. The summed E-state index contributed by atoms with van der Waals surface area (Å²) in [6.45, 7) is 0.390. The van der Waals surface area contributed by atoms with Gasteiger partial charge in [-0.05, 0) is 54.7 Å². The topological polar surface area (TPSA) is 59.4 Å². The molecule has 0 spiro atoms. The van der Waals surface area contributed by atoms with Gasteiger partial charge in [0.25, 0.3) is 0 Å². The van der Waals surface area contributed by atoms with E-state index >= 15 is 0 Å². The minimum atomic E-state index is -0.309. The largest absolute Gasteiger partial charge is 0.469 e. The lowest BCUT2D eigenvalue weighted by Crippen LogP contribution is -2.32. The zero-order valence-electron chi connectivity index (χ0n) is 16.4. The van der Waals surface area contributed by atoms with Crippen molar-refractivity contribution in [3.05, 3.63) is 84.2 Å². The maximum Gasteiger partial charge on any atom is 0.307 e. The first-order chi connectivity index (χ1) is 14.6.